The molecule has 0 spiro atoms. The number of aromatic nitrogens is 4. The van der Waals surface area contributed by atoms with Gasteiger partial charge < -0.3 is 15.2 Å². The number of carbonyl (C=O) groups excluding carboxylic acids is 1. The quantitative estimate of drug-likeness (QED) is 0.485. The Hall–Kier alpha value is -3.74. The maximum Gasteiger partial charge on any atom is 0.253 e. The van der Waals surface area contributed by atoms with Crippen molar-refractivity contribution in [3.8, 4) is 0 Å². The summed E-state index contributed by atoms with van der Waals surface area (Å²) < 4.78 is 0. The lowest BCUT2D eigenvalue weighted by molar-refractivity contribution is 0.0773. The van der Waals surface area contributed by atoms with Crippen LogP contribution in [0.5, 0.6) is 0 Å². The molecule has 2 aromatic heterocycles. The molecule has 7 heteroatoms. The van der Waals surface area contributed by atoms with Crippen LogP contribution in [0.4, 0.5) is 5.82 Å². The van der Waals surface area contributed by atoms with Gasteiger partial charge in [0.2, 0.25) is 0 Å². The Labute approximate surface area is 182 Å². The number of imidazole rings is 1. The van der Waals surface area contributed by atoms with Gasteiger partial charge in [-0.3, -0.25) is 4.79 Å². The van der Waals surface area contributed by atoms with Gasteiger partial charge in [0.25, 0.3) is 5.91 Å². The van der Waals surface area contributed by atoms with Gasteiger partial charge in [-0.2, -0.15) is 0 Å². The molecule has 0 saturated heterocycles. The van der Waals surface area contributed by atoms with Crippen molar-refractivity contribution in [3.63, 3.8) is 0 Å². The van der Waals surface area contributed by atoms with Gasteiger partial charge >= 0.3 is 0 Å². The van der Waals surface area contributed by atoms with Crippen LogP contribution in [0, 0.1) is 6.92 Å². The van der Waals surface area contributed by atoms with Crippen LogP contribution in [-0.4, -0.2) is 43.8 Å². The lowest BCUT2D eigenvalue weighted by atomic mass is 10.1. The number of amides is 1. The molecule has 4 rings (SSSR count). The fraction of sp³-hybridized carbons (Fsp3) is 0.250. The van der Waals surface area contributed by atoms with E-state index in [2.05, 4.69) is 37.4 Å². The monoisotopic (exact) mass is 416 g/mol. The molecule has 0 unspecified atom stereocenters. The molecule has 160 valence electrons. The molecule has 0 aliphatic heterocycles. The fourth-order valence-corrected chi connectivity index (χ4v) is 3.15. The van der Waals surface area contributed by atoms with E-state index in [0.29, 0.717) is 5.65 Å². The summed E-state index contributed by atoms with van der Waals surface area (Å²) in [6.07, 6.45) is 3.13. The summed E-state index contributed by atoms with van der Waals surface area (Å²) in [5, 5.41) is 3.27. The van der Waals surface area contributed by atoms with E-state index in [1.54, 1.807) is 6.33 Å². The summed E-state index contributed by atoms with van der Waals surface area (Å²) in [5.41, 5.74) is 4.63. The van der Waals surface area contributed by atoms with E-state index < -0.39 is 0 Å². The van der Waals surface area contributed by atoms with Crippen molar-refractivity contribution in [1.29, 1.82) is 0 Å². The van der Waals surface area contributed by atoms with E-state index in [0.717, 1.165) is 42.1 Å². The standard InChI is InChI=1S/C12H11N5.C12H17NO/c1-2-4-9(5-3-1)6-13-11-10-12(15-7-14-10)17-8-16-11;1-4-13(5-2)12(14)11-8-6-7-10(3)9-11/h1-5,7-8H,6H2,(H2,13,14,15,16,17);6-9H,4-5H2,1-3H3. The molecule has 31 heavy (non-hydrogen) atoms. The number of benzene rings is 2. The number of fused-ring (bicyclic) bond motifs is 1. The highest BCUT2D eigenvalue weighted by Gasteiger charge is 2.11. The first-order chi connectivity index (χ1) is 15.1. The Morgan fingerprint density at radius 1 is 1.00 bits per heavy atom. The number of aryl methyl sites for hydroxylation is 1. The van der Waals surface area contributed by atoms with E-state index >= 15 is 0 Å². The van der Waals surface area contributed by atoms with Gasteiger partial charge in [-0.25, -0.2) is 15.0 Å². The summed E-state index contributed by atoms with van der Waals surface area (Å²) in [7, 11) is 0. The Morgan fingerprint density at radius 3 is 2.48 bits per heavy atom. The number of hydrogen-bond donors (Lipinski definition) is 2. The van der Waals surface area contributed by atoms with Gasteiger partial charge in [0.15, 0.2) is 11.5 Å². The molecule has 0 radical (unpaired) electrons. The lowest BCUT2D eigenvalue weighted by Crippen LogP contribution is -2.30. The zero-order chi connectivity index (χ0) is 22.1. The molecular weight excluding hydrogens is 388 g/mol. The Balaban J connectivity index is 0.000000180. The van der Waals surface area contributed by atoms with E-state index in [1.165, 1.54) is 11.9 Å². The van der Waals surface area contributed by atoms with Gasteiger partial charge in [-0.1, -0.05) is 48.0 Å². The van der Waals surface area contributed by atoms with Crippen LogP contribution >= 0.6 is 0 Å². The molecule has 2 N–H and O–H groups in total. The maximum absolute atomic E-state index is 11.9. The zero-order valence-corrected chi connectivity index (χ0v) is 18.2. The molecule has 0 atom stereocenters. The minimum absolute atomic E-state index is 0.124. The topological polar surface area (TPSA) is 86.8 Å². The van der Waals surface area contributed by atoms with Crippen LogP contribution in [0.2, 0.25) is 0 Å². The second kappa shape index (κ2) is 10.9. The van der Waals surface area contributed by atoms with Crippen molar-refractivity contribution in [3.05, 3.63) is 83.9 Å². The van der Waals surface area contributed by atoms with Crippen molar-refractivity contribution in [2.45, 2.75) is 27.3 Å². The SMILES string of the molecule is CCN(CC)C(=O)c1cccc(C)c1.c1ccc(CNc2ncnc3nc[nH]c23)cc1. The number of carbonyl (C=O) groups is 1. The first kappa shape index (κ1) is 22.0. The molecule has 0 aliphatic carbocycles. The second-order valence-corrected chi connectivity index (χ2v) is 7.01. The Morgan fingerprint density at radius 2 is 1.77 bits per heavy atom. The fourth-order valence-electron chi connectivity index (χ4n) is 3.15. The molecular formula is C24H28N6O. The normalized spacial score (nSPS) is 10.3. The smallest absolute Gasteiger partial charge is 0.253 e. The van der Waals surface area contributed by atoms with Gasteiger partial charge in [-0.05, 0) is 38.5 Å². The number of aromatic amines is 1. The average Bonchev–Trinajstić information content (AvgIpc) is 3.29. The molecule has 4 aromatic rings. The molecule has 2 aromatic carbocycles. The third-order valence-corrected chi connectivity index (χ3v) is 4.84. The number of rotatable bonds is 6. The summed E-state index contributed by atoms with van der Waals surface area (Å²) in [6.45, 7) is 8.26. The molecule has 0 fully saturated rings. The molecule has 0 aliphatic rings. The third-order valence-electron chi connectivity index (χ3n) is 4.84. The molecule has 0 saturated carbocycles. The van der Waals surface area contributed by atoms with Crippen LogP contribution in [0.25, 0.3) is 11.2 Å². The number of nitrogens with one attached hydrogen (secondary N) is 2. The van der Waals surface area contributed by atoms with Crippen molar-refractivity contribution in [1.82, 2.24) is 24.8 Å². The number of hydrogen-bond acceptors (Lipinski definition) is 5. The predicted molar refractivity (Wildman–Crippen MR) is 124 cm³/mol. The minimum Gasteiger partial charge on any atom is -0.364 e. The summed E-state index contributed by atoms with van der Waals surface area (Å²) in [4.78, 5) is 29.1. The van der Waals surface area contributed by atoms with E-state index in [1.807, 2.05) is 68.1 Å². The van der Waals surface area contributed by atoms with Gasteiger partial charge in [0, 0.05) is 25.2 Å². The molecule has 0 bridgehead atoms. The predicted octanol–water partition coefficient (Wildman–Crippen LogP) is 4.44. The van der Waals surface area contributed by atoms with Crippen LogP contribution in [0.15, 0.2) is 67.3 Å². The number of anilines is 1. The largest absolute Gasteiger partial charge is 0.364 e. The molecule has 1 amide bonds. The van der Waals surface area contributed by atoms with Gasteiger partial charge in [-0.15, -0.1) is 0 Å². The highest BCUT2D eigenvalue weighted by Crippen LogP contribution is 2.15. The highest BCUT2D eigenvalue weighted by molar-refractivity contribution is 5.94. The zero-order valence-electron chi connectivity index (χ0n) is 18.2. The van der Waals surface area contributed by atoms with E-state index in [9.17, 15) is 4.79 Å². The highest BCUT2D eigenvalue weighted by atomic mass is 16.2. The van der Waals surface area contributed by atoms with Crippen molar-refractivity contribution in [2.24, 2.45) is 0 Å². The Kier molecular flexibility index (Phi) is 7.70. The van der Waals surface area contributed by atoms with Crippen molar-refractivity contribution < 1.29 is 4.79 Å². The second-order valence-electron chi connectivity index (χ2n) is 7.01. The van der Waals surface area contributed by atoms with Crippen LogP contribution < -0.4 is 5.32 Å². The van der Waals surface area contributed by atoms with Crippen LogP contribution in [0.1, 0.15) is 35.3 Å². The first-order valence-corrected chi connectivity index (χ1v) is 10.4. The summed E-state index contributed by atoms with van der Waals surface area (Å²) in [6, 6.07) is 17.9. The summed E-state index contributed by atoms with van der Waals surface area (Å²) in [5.74, 6) is 0.898. The molecule has 2 heterocycles. The molecule has 7 nitrogen and oxygen atoms in total. The third kappa shape index (κ3) is 5.88. The Bertz CT molecular complexity index is 1110. The maximum atomic E-state index is 11.9. The van der Waals surface area contributed by atoms with E-state index in [-0.39, 0.29) is 5.91 Å². The number of nitrogens with zero attached hydrogens (tertiary/aromatic N) is 4. The van der Waals surface area contributed by atoms with Crippen LogP contribution in [-0.2, 0) is 6.54 Å². The number of H-pyrrole nitrogens is 1. The minimum atomic E-state index is 0.124. The van der Waals surface area contributed by atoms with Gasteiger partial charge in [0.05, 0.1) is 6.33 Å². The summed E-state index contributed by atoms with van der Waals surface area (Å²) >= 11 is 0. The van der Waals surface area contributed by atoms with E-state index in [4.69, 9.17) is 0 Å². The van der Waals surface area contributed by atoms with Crippen molar-refractivity contribution in [2.75, 3.05) is 18.4 Å². The van der Waals surface area contributed by atoms with Crippen molar-refractivity contribution >= 4 is 22.9 Å². The first-order valence-electron chi connectivity index (χ1n) is 10.4. The van der Waals surface area contributed by atoms with Crippen LogP contribution in [0.3, 0.4) is 0 Å². The van der Waals surface area contributed by atoms with Gasteiger partial charge in [0.1, 0.15) is 11.8 Å². The lowest BCUT2D eigenvalue weighted by Gasteiger charge is -2.18. The average molecular weight is 417 g/mol.